The smallest absolute Gasteiger partial charge is 0.253 e. The van der Waals surface area contributed by atoms with E-state index in [4.69, 9.17) is 6.42 Å². The van der Waals surface area contributed by atoms with Crippen LogP contribution in [0.1, 0.15) is 24.2 Å². The Hall–Kier alpha value is -2.32. The second kappa shape index (κ2) is 8.77. The molecule has 0 radical (unpaired) electrons. The molecule has 112 valence electrons. The van der Waals surface area contributed by atoms with E-state index in [0.717, 1.165) is 0 Å². The average molecular weight is 287 g/mol. The van der Waals surface area contributed by atoms with E-state index in [-0.39, 0.29) is 18.4 Å². The Morgan fingerprint density at radius 2 is 1.81 bits per heavy atom. The van der Waals surface area contributed by atoms with Crippen LogP contribution in [0.2, 0.25) is 0 Å². The first-order chi connectivity index (χ1) is 10.1. The molecule has 0 aliphatic rings. The zero-order valence-electron chi connectivity index (χ0n) is 12.5. The van der Waals surface area contributed by atoms with Gasteiger partial charge in [-0.2, -0.15) is 0 Å². The Morgan fingerprint density at radius 3 is 2.33 bits per heavy atom. The summed E-state index contributed by atoms with van der Waals surface area (Å²) in [6.07, 6.45) is 5.08. The molecule has 2 N–H and O–H groups in total. The number of amides is 2. The van der Waals surface area contributed by atoms with E-state index in [1.165, 1.54) is 0 Å². The highest BCUT2D eigenvalue weighted by Crippen LogP contribution is 2.11. The molecule has 0 spiro atoms. The van der Waals surface area contributed by atoms with Gasteiger partial charge in [-0.25, -0.2) is 0 Å². The topological polar surface area (TPSA) is 61.4 Å². The van der Waals surface area contributed by atoms with Crippen molar-refractivity contribution in [2.75, 3.05) is 31.5 Å². The summed E-state index contributed by atoms with van der Waals surface area (Å²) in [5.74, 6) is 2.22. The van der Waals surface area contributed by atoms with Gasteiger partial charge >= 0.3 is 0 Å². The van der Waals surface area contributed by atoms with Gasteiger partial charge in [-0.05, 0) is 38.1 Å². The Kier molecular flexibility index (Phi) is 6.99. The van der Waals surface area contributed by atoms with E-state index < -0.39 is 0 Å². The quantitative estimate of drug-likeness (QED) is 0.587. The molecule has 0 saturated carbocycles. The number of terminal acetylenes is 1. The third kappa shape index (κ3) is 5.28. The van der Waals surface area contributed by atoms with Gasteiger partial charge in [-0.1, -0.05) is 5.92 Å². The fraction of sp³-hybridized carbons (Fsp3) is 0.375. The number of anilines is 1. The van der Waals surface area contributed by atoms with Crippen molar-refractivity contribution in [3.8, 4) is 12.3 Å². The Morgan fingerprint density at radius 1 is 1.19 bits per heavy atom. The van der Waals surface area contributed by atoms with Gasteiger partial charge in [0.15, 0.2) is 0 Å². The minimum Gasteiger partial charge on any atom is -0.339 e. The number of nitrogens with one attached hydrogen (secondary N) is 2. The van der Waals surface area contributed by atoms with Crippen molar-refractivity contribution >= 4 is 17.5 Å². The van der Waals surface area contributed by atoms with Crippen LogP contribution in [0, 0.1) is 12.3 Å². The van der Waals surface area contributed by atoms with Crippen molar-refractivity contribution in [2.45, 2.75) is 13.8 Å². The first-order valence-corrected chi connectivity index (χ1v) is 6.95. The largest absolute Gasteiger partial charge is 0.339 e. The lowest BCUT2D eigenvalue weighted by molar-refractivity contribution is -0.115. The molecule has 5 heteroatoms. The molecule has 5 nitrogen and oxygen atoms in total. The predicted molar refractivity (Wildman–Crippen MR) is 84.0 cm³/mol. The lowest BCUT2D eigenvalue weighted by Gasteiger charge is -2.18. The van der Waals surface area contributed by atoms with Gasteiger partial charge in [0.25, 0.3) is 5.91 Å². The highest BCUT2D eigenvalue weighted by Gasteiger charge is 2.12. The lowest BCUT2D eigenvalue weighted by Crippen LogP contribution is -2.30. The zero-order chi connectivity index (χ0) is 15.7. The van der Waals surface area contributed by atoms with Crippen LogP contribution in [0.3, 0.4) is 0 Å². The van der Waals surface area contributed by atoms with Crippen LogP contribution >= 0.6 is 0 Å². The molecule has 21 heavy (non-hydrogen) atoms. The summed E-state index contributed by atoms with van der Waals surface area (Å²) in [4.78, 5) is 25.5. The molecule has 0 saturated heterocycles. The van der Waals surface area contributed by atoms with Crippen molar-refractivity contribution in [3.63, 3.8) is 0 Å². The number of benzene rings is 1. The van der Waals surface area contributed by atoms with E-state index in [9.17, 15) is 9.59 Å². The number of carbonyl (C=O) groups is 2. The van der Waals surface area contributed by atoms with Crippen molar-refractivity contribution in [1.82, 2.24) is 10.2 Å². The molecule has 0 aromatic heterocycles. The maximum Gasteiger partial charge on any atom is 0.253 e. The van der Waals surface area contributed by atoms with Gasteiger partial charge in [0.2, 0.25) is 5.91 Å². The summed E-state index contributed by atoms with van der Waals surface area (Å²) >= 11 is 0. The number of hydrogen-bond donors (Lipinski definition) is 2. The van der Waals surface area contributed by atoms with Crippen LogP contribution in [-0.2, 0) is 4.79 Å². The fourth-order valence-electron chi connectivity index (χ4n) is 1.84. The van der Waals surface area contributed by atoms with Crippen LogP contribution in [0.15, 0.2) is 24.3 Å². The summed E-state index contributed by atoms with van der Waals surface area (Å²) in [7, 11) is 0. The standard InChI is InChI=1S/C16H21N3O2/c1-4-11-17-12-15(20)18-14-9-7-13(8-10-14)16(21)19(5-2)6-3/h1,7-10,17H,5-6,11-12H2,2-3H3,(H,18,20). The van der Waals surface area contributed by atoms with E-state index >= 15 is 0 Å². The van der Waals surface area contributed by atoms with Crippen molar-refractivity contribution < 1.29 is 9.59 Å². The second-order valence-corrected chi connectivity index (χ2v) is 4.41. The summed E-state index contributed by atoms with van der Waals surface area (Å²) in [6.45, 7) is 5.75. The number of nitrogens with zero attached hydrogens (tertiary/aromatic N) is 1. The van der Waals surface area contributed by atoms with Crippen LogP contribution in [0.25, 0.3) is 0 Å². The minimum atomic E-state index is -0.173. The molecule has 0 fully saturated rings. The van der Waals surface area contributed by atoms with Crippen molar-refractivity contribution in [3.05, 3.63) is 29.8 Å². The summed E-state index contributed by atoms with van der Waals surface area (Å²) in [5.41, 5.74) is 1.26. The monoisotopic (exact) mass is 287 g/mol. The maximum atomic E-state index is 12.1. The van der Waals surface area contributed by atoms with Gasteiger partial charge in [-0.3, -0.25) is 14.9 Å². The Labute approximate surface area is 125 Å². The lowest BCUT2D eigenvalue weighted by atomic mass is 10.1. The molecular formula is C16H21N3O2. The third-order valence-electron chi connectivity index (χ3n) is 2.98. The molecule has 0 atom stereocenters. The van der Waals surface area contributed by atoms with E-state index in [1.54, 1.807) is 29.2 Å². The van der Waals surface area contributed by atoms with Crippen LogP contribution < -0.4 is 10.6 Å². The van der Waals surface area contributed by atoms with E-state index in [1.807, 2.05) is 13.8 Å². The van der Waals surface area contributed by atoms with Crippen LogP contribution in [-0.4, -0.2) is 42.9 Å². The van der Waals surface area contributed by atoms with Gasteiger partial charge in [-0.15, -0.1) is 6.42 Å². The third-order valence-corrected chi connectivity index (χ3v) is 2.98. The van der Waals surface area contributed by atoms with Gasteiger partial charge in [0.05, 0.1) is 13.1 Å². The molecule has 1 rings (SSSR count). The van der Waals surface area contributed by atoms with E-state index in [0.29, 0.717) is 30.9 Å². The molecule has 0 aliphatic heterocycles. The van der Waals surface area contributed by atoms with Crippen LogP contribution in [0.5, 0.6) is 0 Å². The predicted octanol–water partition coefficient (Wildman–Crippen LogP) is 1.33. The summed E-state index contributed by atoms with van der Waals surface area (Å²) in [5, 5.41) is 5.54. The molecule has 2 amide bonds. The van der Waals surface area contributed by atoms with Gasteiger partial charge in [0, 0.05) is 24.3 Å². The molecule has 0 aliphatic carbocycles. The molecular weight excluding hydrogens is 266 g/mol. The number of rotatable bonds is 7. The molecule has 0 heterocycles. The van der Waals surface area contributed by atoms with Gasteiger partial charge in [0.1, 0.15) is 0 Å². The van der Waals surface area contributed by atoms with E-state index in [2.05, 4.69) is 16.6 Å². The minimum absolute atomic E-state index is 0.00596. The van der Waals surface area contributed by atoms with Crippen LogP contribution in [0.4, 0.5) is 5.69 Å². The molecule has 1 aromatic carbocycles. The van der Waals surface area contributed by atoms with Crippen molar-refractivity contribution in [1.29, 1.82) is 0 Å². The first-order valence-electron chi connectivity index (χ1n) is 6.95. The second-order valence-electron chi connectivity index (χ2n) is 4.41. The summed E-state index contributed by atoms with van der Waals surface area (Å²) in [6, 6.07) is 6.86. The summed E-state index contributed by atoms with van der Waals surface area (Å²) < 4.78 is 0. The molecule has 0 unspecified atom stereocenters. The highest BCUT2D eigenvalue weighted by atomic mass is 16.2. The molecule has 0 bridgehead atoms. The zero-order valence-corrected chi connectivity index (χ0v) is 12.5. The normalized spacial score (nSPS) is 9.76. The first kappa shape index (κ1) is 16.7. The van der Waals surface area contributed by atoms with Crippen molar-refractivity contribution in [2.24, 2.45) is 0 Å². The molecule has 1 aromatic rings. The number of carbonyl (C=O) groups excluding carboxylic acids is 2. The SMILES string of the molecule is C#CCNCC(=O)Nc1ccc(C(=O)N(CC)CC)cc1. The fourth-order valence-corrected chi connectivity index (χ4v) is 1.84. The Bertz CT molecular complexity index is 513. The Balaban J connectivity index is 2.60. The number of hydrogen-bond acceptors (Lipinski definition) is 3. The van der Waals surface area contributed by atoms with Gasteiger partial charge < -0.3 is 10.2 Å². The highest BCUT2D eigenvalue weighted by molar-refractivity contribution is 5.96. The maximum absolute atomic E-state index is 12.1. The average Bonchev–Trinajstić information content (AvgIpc) is 2.49.